The Bertz CT molecular complexity index is 632. The van der Waals surface area contributed by atoms with E-state index in [1.54, 1.807) is 0 Å². The summed E-state index contributed by atoms with van der Waals surface area (Å²) in [6, 6.07) is 7.36. The number of hydrogen-bond donors (Lipinski definition) is 2. The van der Waals surface area contributed by atoms with Crippen molar-refractivity contribution in [2.24, 2.45) is 0 Å². The molecule has 0 aliphatic rings. The lowest BCUT2D eigenvalue weighted by Crippen LogP contribution is -2.50. The molecule has 2 atom stereocenters. The van der Waals surface area contributed by atoms with Crippen molar-refractivity contribution >= 4 is 23.8 Å². The van der Waals surface area contributed by atoms with Gasteiger partial charge in [0, 0.05) is 13.3 Å². The quantitative estimate of drug-likeness (QED) is 0.624. The predicted molar refractivity (Wildman–Crippen MR) is 92.7 cm³/mol. The summed E-state index contributed by atoms with van der Waals surface area (Å²) in [5.41, 5.74) is 0.850. The Hall–Kier alpha value is -2.90. The topological polar surface area (TPSA) is 111 Å². The molecule has 8 nitrogen and oxygen atoms in total. The molecule has 0 fully saturated rings. The molecule has 0 radical (unpaired) electrons. The van der Waals surface area contributed by atoms with Gasteiger partial charge in [0.25, 0.3) is 0 Å². The van der Waals surface area contributed by atoms with E-state index in [0.717, 1.165) is 5.56 Å². The molecule has 0 aromatic heterocycles. The molecule has 1 aromatic rings. The first-order valence-electron chi connectivity index (χ1n) is 8.18. The van der Waals surface area contributed by atoms with Crippen molar-refractivity contribution in [2.75, 3.05) is 7.11 Å². The molecule has 2 amide bonds. The third-order valence-electron chi connectivity index (χ3n) is 3.50. The lowest BCUT2D eigenvalue weighted by molar-refractivity contribution is -0.148. The molecule has 0 saturated heterocycles. The van der Waals surface area contributed by atoms with Crippen LogP contribution < -0.4 is 10.6 Å². The molecule has 1 rings (SSSR count). The van der Waals surface area contributed by atoms with Crippen LogP contribution in [-0.2, 0) is 35.3 Å². The number of esters is 2. The second kappa shape index (κ2) is 10.9. The molecule has 142 valence electrons. The second-order valence-corrected chi connectivity index (χ2v) is 5.69. The van der Waals surface area contributed by atoms with E-state index in [-0.39, 0.29) is 25.4 Å². The highest BCUT2D eigenvalue weighted by Gasteiger charge is 2.25. The molecule has 2 N–H and O–H groups in total. The maximum absolute atomic E-state index is 12.0. The van der Waals surface area contributed by atoms with E-state index in [0.29, 0.717) is 0 Å². The van der Waals surface area contributed by atoms with Gasteiger partial charge in [-0.05, 0) is 18.9 Å². The van der Waals surface area contributed by atoms with Gasteiger partial charge in [-0.25, -0.2) is 4.79 Å². The number of carbonyl (C=O) groups is 4. The van der Waals surface area contributed by atoms with Crippen molar-refractivity contribution in [3.63, 3.8) is 0 Å². The van der Waals surface area contributed by atoms with E-state index in [4.69, 9.17) is 4.74 Å². The Morgan fingerprint density at radius 1 is 1.08 bits per heavy atom. The van der Waals surface area contributed by atoms with Crippen molar-refractivity contribution < 1.29 is 28.7 Å². The molecular formula is C18H24N2O6. The van der Waals surface area contributed by atoms with Gasteiger partial charge in [-0.15, -0.1) is 0 Å². The maximum Gasteiger partial charge on any atom is 0.328 e. The molecule has 0 saturated carbocycles. The Labute approximate surface area is 152 Å². The number of methoxy groups -OCH3 is 1. The van der Waals surface area contributed by atoms with Crippen LogP contribution in [-0.4, -0.2) is 42.9 Å². The van der Waals surface area contributed by atoms with Gasteiger partial charge in [-0.2, -0.15) is 0 Å². The average molecular weight is 364 g/mol. The van der Waals surface area contributed by atoms with Gasteiger partial charge in [0.1, 0.15) is 18.7 Å². The van der Waals surface area contributed by atoms with E-state index < -0.39 is 29.9 Å². The number of carbonyl (C=O) groups excluding carboxylic acids is 4. The zero-order valence-corrected chi connectivity index (χ0v) is 15.1. The standard InChI is InChI=1S/C18H24N2O6/c1-12(19-13(2)21)17(23)20-15(18(24)25-3)9-10-16(22)26-11-14-7-5-4-6-8-14/h4-8,12,15H,9-11H2,1-3H3,(H,19,21)(H,20,23)/t12-,15+/m0/s1. The van der Waals surface area contributed by atoms with E-state index in [1.807, 2.05) is 30.3 Å². The summed E-state index contributed by atoms with van der Waals surface area (Å²) in [6.45, 7) is 2.90. The van der Waals surface area contributed by atoms with Crippen LogP contribution in [0.15, 0.2) is 30.3 Å². The monoisotopic (exact) mass is 364 g/mol. The summed E-state index contributed by atoms with van der Waals surface area (Å²) in [5, 5.41) is 4.88. The van der Waals surface area contributed by atoms with Gasteiger partial charge >= 0.3 is 11.9 Å². The number of amides is 2. The first-order chi connectivity index (χ1) is 12.3. The molecule has 26 heavy (non-hydrogen) atoms. The van der Waals surface area contributed by atoms with Crippen molar-refractivity contribution in [2.45, 2.75) is 45.4 Å². The van der Waals surface area contributed by atoms with Crippen LogP contribution in [0.4, 0.5) is 0 Å². The summed E-state index contributed by atoms with van der Waals surface area (Å²) < 4.78 is 9.78. The highest BCUT2D eigenvalue weighted by Crippen LogP contribution is 2.06. The summed E-state index contributed by atoms with van der Waals surface area (Å²) in [5.74, 6) is -2.09. The summed E-state index contributed by atoms with van der Waals surface area (Å²) in [6.07, 6.45) is -0.0414. The summed E-state index contributed by atoms with van der Waals surface area (Å²) in [4.78, 5) is 46.7. The lowest BCUT2D eigenvalue weighted by Gasteiger charge is -2.19. The fourth-order valence-electron chi connectivity index (χ4n) is 2.13. The zero-order valence-electron chi connectivity index (χ0n) is 15.1. The molecule has 0 unspecified atom stereocenters. The van der Waals surface area contributed by atoms with E-state index in [2.05, 4.69) is 15.4 Å². The number of rotatable bonds is 9. The molecule has 0 heterocycles. The molecular weight excluding hydrogens is 340 g/mol. The Morgan fingerprint density at radius 2 is 1.73 bits per heavy atom. The predicted octanol–water partition coefficient (Wildman–Crippen LogP) is 0.692. The van der Waals surface area contributed by atoms with E-state index in [9.17, 15) is 19.2 Å². The lowest BCUT2D eigenvalue weighted by atomic mass is 10.1. The Balaban J connectivity index is 2.51. The molecule has 1 aromatic carbocycles. The van der Waals surface area contributed by atoms with Gasteiger partial charge < -0.3 is 20.1 Å². The zero-order chi connectivity index (χ0) is 19.5. The molecule has 0 aliphatic heterocycles. The van der Waals surface area contributed by atoms with Crippen LogP contribution >= 0.6 is 0 Å². The van der Waals surface area contributed by atoms with Gasteiger partial charge in [-0.3, -0.25) is 14.4 Å². The first-order valence-corrected chi connectivity index (χ1v) is 8.18. The first kappa shape index (κ1) is 21.1. The van der Waals surface area contributed by atoms with Crippen LogP contribution in [0.5, 0.6) is 0 Å². The Kier molecular flexibility index (Phi) is 8.83. The second-order valence-electron chi connectivity index (χ2n) is 5.69. The van der Waals surface area contributed by atoms with Crippen molar-refractivity contribution in [1.82, 2.24) is 10.6 Å². The summed E-state index contributed by atoms with van der Waals surface area (Å²) in [7, 11) is 1.19. The number of nitrogens with one attached hydrogen (secondary N) is 2. The van der Waals surface area contributed by atoms with Crippen LogP contribution in [0.1, 0.15) is 32.3 Å². The minimum absolute atomic E-state index is 0.0266. The van der Waals surface area contributed by atoms with Gasteiger partial charge in [0.15, 0.2) is 0 Å². The number of hydrogen-bond acceptors (Lipinski definition) is 6. The Morgan fingerprint density at radius 3 is 2.31 bits per heavy atom. The molecule has 8 heteroatoms. The number of benzene rings is 1. The largest absolute Gasteiger partial charge is 0.467 e. The van der Waals surface area contributed by atoms with Crippen molar-refractivity contribution in [3.05, 3.63) is 35.9 Å². The third-order valence-corrected chi connectivity index (χ3v) is 3.50. The van der Waals surface area contributed by atoms with E-state index in [1.165, 1.54) is 21.0 Å². The highest BCUT2D eigenvalue weighted by molar-refractivity contribution is 5.90. The maximum atomic E-state index is 12.0. The van der Waals surface area contributed by atoms with Crippen molar-refractivity contribution in [3.8, 4) is 0 Å². The molecule has 0 bridgehead atoms. The summed E-state index contributed by atoms with van der Waals surface area (Å²) >= 11 is 0. The van der Waals surface area contributed by atoms with Gasteiger partial charge in [0.05, 0.1) is 7.11 Å². The fourth-order valence-corrected chi connectivity index (χ4v) is 2.13. The molecule has 0 spiro atoms. The molecule has 0 aliphatic carbocycles. The van der Waals surface area contributed by atoms with Crippen LogP contribution in [0, 0.1) is 0 Å². The normalized spacial score (nSPS) is 12.4. The minimum Gasteiger partial charge on any atom is -0.467 e. The van der Waals surface area contributed by atoms with E-state index >= 15 is 0 Å². The van der Waals surface area contributed by atoms with Crippen LogP contribution in [0.25, 0.3) is 0 Å². The van der Waals surface area contributed by atoms with Crippen LogP contribution in [0.3, 0.4) is 0 Å². The minimum atomic E-state index is -1.01. The highest BCUT2D eigenvalue weighted by atomic mass is 16.5. The smallest absolute Gasteiger partial charge is 0.328 e. The number of ether oxygens (including phenoxy) is 2. The van der Waals surface area contributed by atoms with Gasteiger partial charge in [0.2, 0.25) is 11.8 Å². The van der Waals surface area contributed by atoms with Gasteiger partial charge in [-0.1, -0.05) is 30.3 Å². The van der Waals surface area contributed by atoms with Crippen molar-refractivity contribution in [1.29, 1.82) is 0 Å². The third kappa shape index (κ3) is 7.78. The average Bonchev–Trinajstić information content (AvgIpc) is 2.62. The SMILES string of the molecule is COC(=O)[C@@H](CCC(=O)OCc1ccccc1)NC(=O)[C@H](C)NC(C)=O. The fraction of sp³-hybridized carbons (Fsp3) is 0.444. The van der Waals surface area contributed by atoms with Crippen LogP contribution in [0.2, 0.25) is 0 Å².